The van der Waals surface area contributed by atoms with Crippen molar-refractivity contribution in [3.63, 3.8) is 0 Å². The van der Waals surface area contributed by atoms with E-state index < -0.39 is 6.04 Å². The zero-order valence-electron chi connectivity index (χ0n) is 21.8. The lowest BCUT2D eigenvalue weighted by Gasteiger charge is -2.31. The second kappa shape index (κ2) is 10.7. The van der Waals surface area contributed by atoms with Crippen LogP contribution in [0.3, 0.4) is 0 Å². The molecule has 0 fully saturated rings. The number of aryl methyl sites for hydroxylation is 3. The summed E-state index contributed by atoms with van der Waals surface area (Å²) in [5.74, 6) is -0.115. The highest BCUT2D eigenvalue weighted by Crippen LogP contribution is 2.40. The van der Waals surface area contributed by atoms with E-state index in [4.69, 9.17) is 10.2 Å². The van der Waals surface area contributed by atoms with Crippen molar-refractivity contribution in [1.29, 1.82) is 0 Å². The van der Waals surface area contributed by atoms with Gasteiger partial charge in [-0.05, 0) is 85.5 Å². The molecule has 2 atom stereocenters. The Morgan fingerprint density at radius 3 is 2.51 bits per heavy atom. The van der Waals surface area contributed by atoms with Gasteiger partial charge in [-0.2, -0.15) is 0 Å². The summed E-state index contributed by atoms with van der Waals surface area (Å²) in [5.41, 5.74) is 17.9. The molecule has 3 aromatic carbocycles. The normalized spacial score (nSPS) is 15.5. The molecular formula is C32H35N3O2. The number of benzene rings is 3. The highest BCUT2D eigenvalue weighted by Gasteiger charge is 2.27. The van der Waals surface area contributed by atoms with Crippen LogP contribution in [0.1, 0.15) is 51.4 Å². The summed E-state index contributed by atoms with van der Waals surface area (Å²) in [7, 11) is 0. The predicted molar refractivity (Wildman–Crippen MR) is 150 cm³/mol. The lowest BCUT2D eigenvalue weighted by molar-refractivity contribution is -0.123. The van der Waals surface area contributed by atoms with E-state index >= 15 is 0 Å². The molecule has 5 nitrogen and oxygen atoms in total. The van der Waals surface area contributed by atoms with Gasteiger partial charge in [0.15, 0.2) is 0 Å². The molecule has 0 aliphatic carbocycles. The Morgan fingerprint density at radius 1 is 1.05 bits per heavy atom. The van der Waals surface area contributed by atoms with E-state index in [9.17, 15) is 4.79 Å². The zero-order chi connectivity index (χ0) is 25.9. The maximum Gasteiger partial charge on any atom is 0.237 e. The van der Waals surface area contributed by atoms with Crippen molar-refractivity contribution in [3.8, 4) is 11.1 Å². The molecule has 0 radical (unpaired) electrons. The lowest BCUT2D eigenvalue weighted by Crippen LogP contribution is -2.44. The van der Waals surface area contributed by atoms with Crippen LogP contribution in [-0.4, -0.2) is 18.5 Å². The summed E-state index contributed by atoms with van der Waals surface area (Å²) in [6.07, 6.45) is 5.60. The topological polar surface area (TPSA) is 80.3 Å². The number of hydrogen-bond donors (Lipinski definition) is 3. The van der Waals surface area contributed by atoms with E-state index in [1.54, 1.807) is 12.5 Å². The monoisotopic (exact) mass is 493 g/mol. The number of rotatable bonds is 7. The molecule has 0 saturated heterocycles. The summed E-state index contributed by atoms with van der Waals surface area (Å²) >= 11 is 0. The van der Waals surface area contributed by atoms with E-state index in [-0.39, 0.29) is 11.9 Å². The quantitative estimate of drug-likeness (QED) is 0.295. The summed E-state index contributed by atoms with van der Waals surface area (Å²) < 4.78 is 5.41. The van der Waals surface area contributed by atoms with Crippen LogP contribution in [0.5, 0.6) is 0 Å². The van der Waals surface area contributed by atoms with Crippen LogP contribution in [0.2, 0.25) is 0 Å². The Morgan fingerprint density at radius 2 is 1.81 bits per heavy atom. The maximum atomic E-state index is 13.3. The van der Waals surface area contributed by atoms with Gasteiger partial charge in [-0.3, -0.25) is 4.79 Å². The first kappa shape index (κ1) is 24.8. The van der Waals surface area contributed by atoms with E-state index in [1.165, 1.54) is 27.8 Å². The van der Waals surface area contributed by atoms with Crippen molar-refractivity contribution in [1.82, 2.24) is 5.32 Å². The molecule has 1 aliphatic rings. The minimum atomic E-state index is -0.612. The Hall–Kier alpha value is -3.83. The van der Waals surface area contributed by atoms with E-state index in [2.05, 4.69) is 79.9 Å². The molecule has 5 heteroatoms. The molecule has 5 rings (SSSR count). The average molecular weight is 494 g/mol. The Balaban J connectivity index is 1.43. The number of furan rings is 1. The largest absolute Gasteiger partial charge is 0.472 e. The fraction of sp³-hybridized carbons (Fsp3) is 0.281. The Labute approximate surface area is 219 Å². The summed E-state index contributed by atoms with van der Waals surface area (Å²) in [5, 5.41) is 6.86. The van der Waals surface area contributed by atoms with Crippen LogP contribution < -0.4 is 16.4 Å². The van der Waals surface area contributed by atoms with Crippen LogP contribution in [0.15, 0.2) is 77.6 Å². The van der Waals surface area contributed by atoms with Gasteiger partial charge < -0.3 is 20.8 Å². The van der Waals surface area contributed by atoms with Crippen molar-refractivity contribution >= 4 is 11.6 Å². The lowest BCUT2D eigenvalue weighted by atomic mass is 9.88. The summed E-state index contributed by atoms with van der Waals surface area (Å²) in [4.78, 5) is 13.3. The van der Waals surface area contributed by atoms with E-state index in [1.807, 2.05) is 12.1 Å². The molecule has 0 unspecified atom stereocenters. The van der Waals surface area contributed by atoms with E-state index in [0.29, 0.717) is 6.42 Å². The molecule has 0 bridgehead atoms. The van der Waals surface area contributed by atoms with Crippen LogP contribution in [0.25, 0.3) is 11.1 Å². The first-order valence-corrected chi connectivity index (χ1v) is 13.0. The third-order valence-corrected chi connectivity index (χ3v) is 7.34. The Kier molecular flexibility index (Phi) is 7.15. The number of carbonyl (C=O) groups excluding carboxylic acids is 1. The maximum absolute atomic E-state index is 13.3. The number of amides is 1. The van der Waals surface area contributed by atoms with Gasteiger partial charge >= 0.3 is 0 Å². The van der Waals surface area contributed by atoms with Crippen molar-refractivity contribution in [2.24, 2.45) is 5.73 Å². The van der Waals surface area contributed by atoms with Crippen LogP contribution in [0.4, 0.5) is 5.69 Å². The van der Waals surface area contributed by atoms with Gasteiger partial charge in [0.05, 0.1) is 24.6 Å². The van der Waals surface area contributed by atoms with Gasteiger partial charge in [-0.1, -0.05) is 54.1 Å². The number of fused-ring (bicyclic) bond motifs is 1. The van der Waals surface area contributed by atoms with Crippen molar-refractivity contribution in [2.75, 3.05) is 11.9 Å². The first-order valence-electron chi connectivity index (χ1n) is 13.0. The van der Waals surface area contributed by atoms with Gasteiger partial charge in [0.25, 0.3) is 0 Å². The first-order chi connectivity index (χ1) is 17.9. The second-order valence-corrected chi connectivity index (χ2v) is 10.2. The van der Waals surface area contributed by atoms with E-state index in [0.717, 1.165) is 47.3 Å². The number of nitrogens with two attached hydrogens (primary N) is 1. The minimum Gasteiger partial charge on any atom is -0.472 e. The summed E-state index contributed by atoms with van der Waals surface area (Å²) in [6, 6.07) is 20.5. The highest BCUT2D eigenvalue weighted by molar-refractivity contribution is 5.85. The standard InChI is InChI=1S/C32H35N3O2/c1-20-13-21(2)26(22(3)14-20)18-29(33)32(36)35-30-9-11-34-31-27(25-10-12-37-19-25)16-24(17-28(30)31)15-23-7-5-4-6-8-23/h4-8,10,12-14,16-17,19,29-30,34H,9,11,15,18,33H2,1-3H3,(H,35,36)/t29-,30+/m0/s1. The van der Waals surface area contributed by atoms with Gasteiger partial charge in [0.1, 0.15) is 0 Å². The van der Waals surface area contributed by atoms with Crippen molar-refractivity contribution < 1.29 is 9.21 Å². The molecule has 0 saturated carbocycles. The van der Waals surface area contributed by atoms with Crippen LogP contribution in [-0.2, 0) is 17.6 Å². The van der Waals surface area contributed by atoms with Crippen LogP contribution >= 0.6 is 0 Å². The number of nitrogens with one attached hydrogen (secondary N) is 2. The third kappa shape index (κ3) is 5.47. The molecule has 4 aromatic rings. The molecule has 37 heavy (non-hydrogen) atoms. The van der Waals surface area contributed by atoms with Crippen molar-refractivity contribution in [3.05, 3.63) is 112 Å². The molecule has 1 aromatic heterocycles. The van der Waals surface area contributed by atoms with Crippen LogP contribution in [0, 0.1) is 20.8 Å². The fourth-order valence-corrected chi connectivity index (χ4v) is 5.55. The van der Waals surface area contributed by atoms with Crippen molar-refractivity contribution in [2.45, 2.75) is 52.1 Å². The molecule has 1 aliphatic heterocycles. The summed E-state index contributed by atoms with van der Waals surface area (Å²) in [6.45, 7) is 7.05. The van der Waals surface area contributed by atoms with Gasteiger partial charge in [0, 0.05) is 23.4 Å². The molecule has 0 spiro atoms. The highest BCUT2D eigenvalue weighted by atomic mass is 16.3. The molecular weight excluding hydrogens is 458 g/mol. The molecule has 190 valence electrons. The minimum absolute atomic E-state index is 0.114. The molecule has 2 heterocycles. The molecule has 1 amide bonds. The fourth-order valence-electron chi connectivity index (χ4n) is 5.55. The third-order valence-electron chi connectivity index (χ3n) is 7.34. The number of carbonyl (C=O) groups is 1. The number of hydrogen-bond acceptors (Lipinski definition) is 4. The number of anilines is 1. The SMILES string of the molecule is Cc1cc(C)c(C[C@H](N)C(=O)N[C@@H]2CCNc3c(-c4ccoc4)cc(Cc4ccccc4)cc32)c(C)c1. The average Bonchev–Trinajstić information content (AvgIpc) is 3.41. The molecule has 4 N–H and O–H groups in total. The van der Waals surface area contributed by atoms with Gasteiger partial charge in [-0.15, -0.1) is 0 Å². The predicted octanol–water partition coefficient (Wildman–Crippen LogP) is 6.01. The van der Waals surface area contributed by atoms with Gasteiger partial charge in [-0.25, -0.2) is 0 Å². The van der Waals surface area contributed by atoms with Gasteiger partial charge in [0.2, 0.25) is 5.91 Å². The Bertz CT molecular complexity index is 1370. The second-order valence-electron chi connectivity index (χ2n) is 10.2. The zero-order valence-corrected chi connectivity index (χ0v) is 21.8. The smallest absolute Gasteiger partial charge is 0.237 e.